The third-order valence-corrected chi connectivity index (χ3v) is 7.77. The molecule has 200 valence electrons. The Morgan fingerprint density at radius 1 is 0.974 bits per heavy atom. The molecule has 0 unspecified atom stereocenters. The maximum atomic E-state index is 10.7. The van der Waals surface area contributed by atoms with Crippen LogP contribution in [0.4, 0.5) is 17.2 Å². The summed E-state index contributed by atoms with van der Waals surface area (Å²) in [7, 11) is 1.65. The molecule has 0 aliphatic carbocycles. The molecule has 0 spiro atoms. The number of aliphatic hydroxyl groups excluding tert-OH is 2. The zero-order chi connectivity index (χ0) is 26.2. The van der Waals surface area contributed by atoms with Crippen LogP contribution in [0.1, 0.15) is 38.0 Å². The van der Waals surface area contributed by atoms with Gasteiger partial charge in [-0.2, -0.15) is 0 Å². The van der Waals surface area contributed by atoms with Gasteiger partial charge in [0.2, 0.25) is 0 Å². The lowest BCUT2D eigenvalue weighted by Crippen LogP contribution is -2.31. The van der Waals surface area contributed by atoms with E-state index in [9.17, 15) is 10.2 Å². The molecule has 4 heterocycles. The largest absolute Gasteiger partial charge is 0.497 e. The van der Waals surface area contributed by atoms with Crippen LogP contribution >= 0.6 is 0 Å². The van der Waals surface area contributed by atoms with Crippen LogP contribution in [-0.4, -0.2) is 64.6 Å². The normalized spacial score (nSPS) is 24.9. The van der Waals surface area contributed by atoms with Crippen molar-refractivity contribution in [3.05, 3.63) is 60.3 Å². The number of piperidine rings is 1. The molecule has 3 aliphatic heterocycles. The first-order valence-corrected chi connectivity index (χ1v) is 13.3. The molecule has 38 heavy (non-hydrogen) atoms. The second-order valence-electron chi connectivity index (χ2n) is 10.3. The molecule has 6 rings (SSSR count). The lowest BCUT2D eigenvalue weighted by molar-refractivity contribution is -0.0308. The molecule has 9 nitrogen and oxygen atoms in total. The van der Waals surface area contributed by atoms with Gasteiger partial charge < -0.3 is 29.2 Å². The van der Waals surface area contributed by atoms with Gasteiger partial charge in [0.1, 0.15) is 30.1 Å². The Labute approximate surface area is 222 Å². The number of methoxy groups -OCH3 is 1. The first-order valence-electron chi connectivity index (χ1n) is 13.3. The highest BCUT2D eigenvalue weighted by molar-refractivity contribution is 5.78. The molecule has 0 saturated carbocycles. The minimum absolute atomic E-state index is 0.476. The van der Waals surface area contributed by atoms with Crippen molar-refractivity contribution in [2.75, 3.05) is 30.5 Å². The Kier molecular flexibility index (Phi) is 6.73. The fourth-order valence-corrected chi connectivity index (χ4v) is 5.59. The number of hydrogen-bond donors (Lipinski definition) is 3. The van der Waals surface area contributed by atoms with Gasteiger partial charge in [-0.15, -0.1) is 0 Å². The fraction of sp³-hybridized carbons (Fsp3) is 0.414. The number of hydrogen-bond acceptors (Lipinski definition) is 8. The summed E-state index contributed by atoms with van der Waals surface area (Å²) >= 11 is 0. The summed E-state index contributed by atoms with van der Waals surface area (Å²) in [5.41, 5.74) is 8.70. The van der Waals surface area contributed by atoms with Gasteiger partial charge in [-0.1, -0.05) is 12.1 Å². The van der Waals surface area contributed by atoms with E-state index in [0.717, 1.165) is 41.2 Å². The maximum absolute atomic E-state index is 10.7. The first-order chi connectivity index (χ1) is 18.5. The number of benzene rings is 2. The van der Waals surface area contributed by atoms with E-state index in [1.54, 1.807) is 20.4 Å². The molecule has 2 aromatic carbocycles. The molecule has 0 amide bonds. The van der Waals surface area contributed by atoms with Gasteiger partial charge in [0.15, 0.2) is 6.23 Å². The Morgan fingerprint density at radius 3 is 2.37 bits per heavy atom. The molecule has 2 saturated heterocycles. The highest BCUT2D eigenvalue weighted by Gasteiger charge is 2.43. The molecule has 4 atom stereocenters. The predicted molar refractivity (Wildman–Crippen MR) is 148 cm³/mol. The van der Waals surface area contributed by atoms with Gasteiger partial charge in [0, 0.05) is 36.1 Å². The third-order valence-electron chi connectivity index (χ3n) is 7.77. The van der Waals surface area contributed by atoms with Crippen molar-refractivity contribution < 1.29 is 19.7 Å². The van der Waals surface area contributed by atoms with Crippen LogP contribution in [0.25, 0.3) is 11.1 Å². The van der Waals surface area contributed by atoms with Gasteiger partial charge in [0.05, 0.1) is 25.4 Å². The fourth-order valence-electron chi connectivity index (χ4n) is 5.59. The van der Waals surface area contributed by atoms with Crippen molar-refractivity contribution in [1.82, 2.24) is 9.58 Å². The topological polar surface area (TPSA) is 94.7 Å². The van der Waals surface area contributed by atoms with Gasteiger partial charge in [-0.3, -0.25) is 10.4 Å². The van der Waals surface area contributed by atoms with E-state index in [1.807, 2.05) is 40.0 Å². The van der Waals surface area contributed by atoms with Crippen LogP contribution < -0.4 is 15.1 Å². The van der Waals surface area contributed by atoms with Crippen molar-refractivity contribution in [3.63, 3.8) is 0 Å². The van der Waals surface area contributed by atoms with Gasteiger partial charge in [-0.05, 0) is 68.1 Å². The minimum Gasteiger partial charge on any atom is -0.497 e. The van der Waals surface area contributed by atoms with Crippen LogP contribution in [0.3, 0.4) is 0 Å². The Morgan fingerprint density at radius 2 is 1.71 bits per heavy atom. The van der Waals surface area contributed by atoms with Crippen LogP contribution in [0.2, 0.25) is 0 Å². The van der Waals surface area contributed by atoms with E-state index >= 15 is 0 Å². The zero-order valence-electron chi connectivity index (χ0n) is 21.8. The summed E-state index contributed by atoms with van der Waals surface area (Å²) in [5.74, 6) is 1.49. The van der Waals surface area contributed by atoms with Crippen LogP contribution in [0, 0.1) is 0 Å². The van der Waals surface area contributed by atoms with Crippen molar-refractivity contribution in [3.8, 4) is 16.9 Å². The van der Waals surface area contributed by atoms with Crippen molar-refractivity contribution >= 4 is 23.5 Å². The standard InChI is InChI=1S/C29H35N5O4/c1-19-26(35)27(36)29(38-19)34-17-24(20-6-12-23(37-2)13-7-20)25-16-33(18-30-28(25)34)31-21-8-10-22(11-9-21)32-14-4-3-5-15-32/h6-13,17-19,26-27,29,31,35-36H,3-5,14-16H2,1-2H3/t19-,26-,27-,29-/m1/s1. The van der Waals surface area contributed by atoms with Gasteiger partial charge in [-0.25, -0.2) is 4.99 Å². The molecule has 2 fully saturated rings. The van der Waals surface area contributed by atoms with Gasteiger partial charge >= 0.3 is 0 Å². The molecule has 9 heteroatoms. The number of anilines is 2. The highest BCUT2D eigenvalue weighted by Crippen LogP contribution is 2.42. The molecule has 0 radical (unpaired) electrons. The molecule has 3 aliphatic rings. The number of rotatable bonds is 6. The quantitative estimate of drug-likeness (QED) is 0.449. The smallest absolute Gasteiger partial charge is 0.164 e. The minimum atomic E-state index is -1.05. The van der Waals surface area contributed by atoms with Crippen molar-refractivity contribution in [2.24, 2.45) is 4.99 Å². The molecule has 3 N–H and O–H groups in total. The number of aromatic nitrogens is 1. The number of aliphatic imine (C=N–C) groups is 1. The molecule has 1 aromatic heterocycles. The highest BCUT2D eigenvalue weighted by atomic mass is 16.6. The van der Waals surface area contributed by atoms with E-state index in [2.05, 4.69) is 34.6 Å². The molecular weight excluding hydrogens is 482 g/mol. The summed E-state index contributed by atoms with van der Waals surface area (Å²) in [4.78, 5) is 7.21. The summed E-state index contributed by atoms with van der Waals surface area (Å²) in [6.07, 6.45) is 4.34. The molecule has 3 aromatic rings. The van der Waals surface area contributed by atoms with E-state index < -0.39 is 24.5 Å². The summed E-state index contributed by atoms with van der Waals surface area (Å²) in [6.45, 7) is 4.56. The Balaban J connectivity index is 1.27. The number of ether oxygens (including phenoxy) is 2. The average molecular weight is 518 g/mol. The third kappa shape index (κ3) is 4.62. The SMILES string of the molecule is COc1ccc(-c2cn([C@@H]3O[C@H](C)[C@@H](O)[C@H]3O)c3c2CN(Nc2ccc(N4CCCCC4)cc2)C=N3)cc1. The summed E-state index contributed by atoms with van der Waals surface area (Å²) < 4.78 is 13.1. The lowest BCUT2D eigenvalue weighted by Gasteiger charge is -2.29. The number of aliphatic hydroxyl groups is 2. The summed E-state index contributed by atoms with van der Waals surface area (Å²) in [5, 5.41) is 23.0. The second-order valence-corrected chi connectivity index (χ2v) is 10.3. The van der Waals surface area contributed by atoms with Gasteiger partial charge in [0.25, 0.3) is 0 Å². The predicted octanol–water partition coefficient (Wildman–Crippen LogP) is 4.30. The second kappa shape index (κ2) is 10.3. The number of nitrogens with one attached hydrogen (secondary N) is 1. The number of hydrazine groups is 1. The average Bonchev–Trinajstić information content (AvgIpc) is 3.46. The monoisotopic (exact) mass is 517 g/mol. The molecule has 0 bridgehead atoms. The van der Waals surface area contributed by atoms with Crippen molar-refractivity contribution in [2.45, 2.75) is 57.3 Å². The number of nitrogens with zero attached hydrogens (tertiary/aromatic N) is 4. The van der Waals surface area contributed by atoms with E-state index in [4.69, 9.17) is 14.5 Å². The van der Waals surface area contributed by atoms with E-state index in [1.165, 1.54) is 24.9 Å². The van der Waals surface area contributed by atoms with Crippen LogP contribution in [0.5, 0.6) is 5.75 Å². The number of fused-ring (bicyclic) bond motifs is 1. The van der Waals surface area contributed by atoms with Crippen LogP contribution in [0.15, 0.2) is 59.7 Å². The van der Waals surface area contributed by atoms with E-state index in [0.29, 0.717) is 12.4 Å². The van der Waals surface area contributed by atoms with Crippen LogP contribution in [-0.2, 0) is 11.3 Å². The summed E-state index contributed by atoms with van der Waals surface area (Å²) in [6, 6.07) is 16.4. The first kappa shape index (κ1) is 24.8. The van der Waals surface area contributed by atoms with E-state index in [-0.39, 0.29) is 0 Å². The van der Waals surface area contributed by atoms with Crippen molar-refractivity contribution in [1.29, 1.82) is 0 Å². The Hall–Kier alpha value is -3.53. The maximum Gasteiger partial charge on any atom is 0.164 e. The zero-order valence-corrected chi connectivity index (χ0v) is 21.8. The lowest BCUT2D eigenvalue weighted by atomic mass is 10.0. The molecular formula is C29H35N5O4. The Bertz CT molecular complexity index is 1280.